The molecule has 3 nitrogen and oxygen atoms in total. The minimum absolute atomic E-state index is 0.0582. The maximum absolute atomic E-state index is 6.23. The van der Waals surface area contributed by atoms with E-state index in [2.05, 4.69) is 6.07 Å². The zero-order chi connectivity index (χ0) is 11.4. The molecule has 1 heterocycles. The fourth-order valence-corrected chi connectivity index (χ4v) is 2.09. The molecule has 0 bridgehead atoms. The maximum atomic E-state index is 6.23. The van der Waals surface area contributed by atoms with E-state index in [0.29, 0.717) is 12.5 Å². The van der Waals surface area contributed by atoms with Crippen LogP contribution in [0.3, 0.4) is 0 Å². The molecule has 0 aromatic heterocycles. The van der Waals surface area contributed by atoms with Crippen LogP contribution in [0.1, 0.15) is 24.9 Å². The molecule has 3 heteroatoms. The first-order valence-electron chi connectivity index (χ1n) is 5.87. The Labute approximate surface area is 96.5 Å². The van der Waals surface area contributed by atoms with Crippen LogP contribution in [0.15, 0.2) is 24.3 Å². The van der Waals surface area contributed by atoms with Crippen molar-refractivity contribution >= 4 is 0 Å². The Hall–Kier alpha value is -1.06. The Morgan fingerprint density at radius 2 is 2.44 bits per heavy atom. The summed E-state index contributed by atoms with van der Waals surface area (Å²) in [6.45, 7) is 4.28. The van der Waals surface area contributed by atoms with Crippen molar-refractivity contribution in [2.24, 2.45) is 11.7 Å². The van der Waals surface area contributed by atoms with Gasteiger partial charge in [0.15, 0.2) is 0 Å². The number of rotatable bonds is 4. The monoisotopic (exact) mass is 221 g/mol. The van der Waals surface area contributed by atoms with Crippen LogP contribution in [0.2, 0.25) is 0 Å². The first-order valence-corrected chi connectivity index (χ1v) is 5.87. The molecule has 0 spiro atoms. The van der Waals surface area contributed by atoms with E-state index < -0.39 is 0 Å². The molecule has 0 saturated carbocycles. The average Bonchev–Trinajstić information content (AvgIpc) is 2.82. The largest absolute Gasteiger partial charge is 0.494 e. The van der Waals surface area contributed by atoms with Gasteiger partial charge in [-0.3, -0.25) is 0 Å². The van der Waals surface area contributed by atoms with Crippen LogP contribution in [0.5, 0.6) is 5.75 Å². The topological polar surface area (TPSA) is 44.5 Å². The Balaban J connectivity index is 2.09. The summed E-state index contributed by atoms with van der Waals surface area (Å²) in [4.78, 5) is 0. The van der Waals surface area contributed by atoms with E-state index in [4.69, 9.17) is 15.2 Å². The van der Waals surface area contributed by atoms with Gasteiger partial charge in [-0.15, -0.1) is 0 Å². The zero-order valence-electron chi connectivity index (χ0n) is 9.69. The van der Waals surface area contributed by atoms with Crippen LogP contribution in [0.4, 0.5) is 0 Å². The molecule has 2 N–H and O–H groups in total. The maximum Gasteiger partial charge on any atom is 0.119 e. The fourth-order valence-electron chi connectivity index (χ4n) is 2.09. The number of hydrogen-bond acceptors (Lipinski definition) is 3. The van der Waals surface area contributed by atoms with Gasteiger partial charge in [-0.1, -0.05) is 12.1 Å². The van der Waals surface area contributed by atoms with Gasteiger partial charge in [-0.2, -0.15) is 0 Å². The lowest BCUT2D eigenvalue weighted by molar-refractivity contribution is 0.181. The lowest BCUT2D eigenvalue weighted by Gasteiger charge is -2.18. The molecule has 16 heavy (non-hydrogen) atoms. The summed E-state index contributed by atoms with van der Waals surface area (Å²) in [7, 11) is 0. The van der Waals surface area contributed by atoms with Gasteiger partial charge in [0.1, 0.15) is 5.75 Å². The Morgan fingerprint density at radius 1 is 1.56 bits per heavy atom. The highest BCUT2D eigenvalue weighted by molar-refractivity contribution is 5.30. The molecule has 2 unspecified atom stereocenters. The molecule has 1 aliphatic rings. The second-order valence-corrected chi connectivity index (χ2v) is 4.15. The minimum Gasteiger partial charge on any atom is -0.494 e. The first kappa shape index (κ1) is 11.4. The van der Waals surface area contributed by atoms with Gasteiger partial charge in [-0.05, 0) is 31.0 Å². The molecular weight excluding hydrogens is 202 g/mol. The third-order valence-electron chi connectivity index (χ3n) is 3.03. The Kier molecular flexibility index (Phi) is 3.80. The fraction of sp³-hybridized carbons (Fsp3) is 0.538. The van der Waals surface area contributed by atoms with Gasteiger partial charge in [0.25, 0.3) is 0 Å². The molecule has 0 amide bonds. The van der Waals surface area contributed by atoms with E-state index in [0.717, 1.165) is 30.9 Å². The highest BCUT2D eigenvalue weighted by Crippen LogP contribution is 2.28. The van der Waals surface area contributed by atoms with E-state index in [1.165, 1.54) is 0 Å². The lowest BCUT2D eigenvalue weighted by Crippen LogP contribution is -2.21. The third-order valence-corrected chi connectivity index (χ3v) is 3.03. The predicted octanol–water partition coefficient (Wildman–Crippen LogP) is 2.12. The van der Waals surface area contributed by atoms with Crippen molar-refractivity contribution in [1.82, 2.24) is 0 Å². The summed E-state index contributed by atoms with van der Waals surface area (Å²) in [5.74, 6) is 1.34. The lowest BCUT2D eigenvalue weighted by atomic mass is 9.93. The molecule has 2 atom stereocenters. The molecule has 1 aromatic rings. The summed E-state index contributed by atoms with van der Waals surface area (Å²) in [5, 5.41) is 0. The second kappa shape index (κ2) is 5.32. The van der Waals surface area contributed by atoms with Gasteiger partial charge in [0, 0.05) is 18.6 Å². The number of benzene rings is 1. The zero-order valence-corrected chi connectivity index (χ0v) is 9.69. The average molecular weight is 221 g/mol. The van der Waals surface area contributed by atoms with E-state index in [9.17, 15) is 0 Å². The smallest absolute Gasteiger partial charge is 0.119 e. The predicted molar refractivity (Wildman–Crippen MR) is 63.5 cm³/mol. The minimum atomic E-state index is 0.0582. The first-order chi connectivity index (χ1) is 7.81. The molecule has 0 radical (unpaired) electrons. The van der Waals surface area contributed by atoms with E-state index >= 15 is 0 Å². The quantitative estimate of drug-likeness (QED) is 0.847. The standard InChI is InChI=1S/C13H19NO2/c1-2-16-12-5-3-4-10(8-12)13(14)11-6-7-15-9-11/h3-5,8,11,13H,2,6-7,9,14H2,1H3. The van der Waals surface area contributed by atoms with Crippen LogP contribution in [-0.4, -0.2) is 19.8 Å². The molecule has 1 fully saturated rings. The van der Waals surface area contributed by atoms with Crippen molar-refractivity contribution in [2.45, 2.75) is 19.4 Å². The molecule has 2 rings (SSSR count). The third kappa shape index (κ3) is 2.54. The van der Waals surface area contributed by atoms with Crippen molar-refractivity contribution in [3.05, 3.63) is 29.8 Å². The van der Waals surface area contributed by atoms with Crippen molar-refractivity contribution in [2.75, 3.05) is 19.8 Å². The highest BCUT2D eigenvalue weighted by Gasteiger charge is 2.24. The van der Waals surface area contributed by atoms with Crippen molar-refractivity contribution < 1.29 is 9.47 Å². The van der Waals surface area contributed by atoms with Crippen molar-refractivity contribution in [3.63, 3.8) is 0 Å². The molecule has 1 saturated heterocycles. The number of ether oxygens (including phenoxy) is 2. The Morgan fingerprint density at radius 3 is 3.12 bits per heavy atom. The van der Waals surface area contributed by atoms with E-state index in [1.807, 2.05) is 25.1 Å². The number of nitrogens with two attached hydrogens (primary N) is 1. The highest BCUT2D eigenvalue weighted by atomic mass is 16.5. The second-order valence-electron chi connectivity index (χ2n) is 4.15. The molecule has 1 aromatic carbocycles. The van der Waals surface area contributed by atoms with E-state index in [1.54, 1.807) is 0 Å². The van der Waals surface area contributed by atoms with Crippen LogP contribution < -0.4 is 10.5 Å². The van der Waals surface area contributed by atoms with Gasteiger partial charge >= 0.3 is 0 Å². The van der Waals surface area contributed by atoms with Crippen LogP contribution >= 0.6 is 0 Å². The van der Waals surface area contributed by atoms with Gasteiger partial charge in [0.05, 0.1) is 13.2 Å². The van der Waals surface area contributed by atoms with Gasteiger partial charge in [0.2, 0.25) is 0 Å². The van der Waals surface area contributed by atoms with Crippen molar-refractivity contribution in [1.29, 1.82) is 0 Å². The molecule has 88 valence electrons. The molecule has 1 aliphatic heterocycles. The summed E-state index contributed by atoms with van der Waals surface area (Å²) in [6.07, 6.45) is 1.06. The van der Waals surface area contributed by atoms with Gasteiger partial charge in [-0.25, -0.2) is 0 Å². The summed E-state index contributed by atoms with van der Waals surface area (Å²) in [5.41, 5.74) is 7.37. The number of hydrogen-bond donors (Lipinski definition) is 1. The van der Waals surface area contributed by atoms with Crippen LogP contribution in [0.25, 0.3) is 0 Å². The normalized spacial score (nSPS) is 22.0. The molecule has 0 aliphatic carbocycles. The Bertz CT molecular complexity index is 334. The summed E-state index contributed by atoms with van der Waals surface area (Å²) < 4.78 is 10.8. The SMILES string of the molecule is CCOc1cccc(C(N)C2CCOC2)c1. The van der Waals surface area contributed by atoms with E-state index in [-0.39, 0.29) is 6.04 Å². The van der Waals surface area contributed by atoms with Crippen molar-refractivity contribution in [3.8, 4) is 5.75 Å². The summed E-state index contributed by atoms with van der Waals surface area (Å²) in [6, 6.07) is 8.11. The molecular formula is C13H19NO2. The van der Waals surface area contributed by atoms with Crippen LogP contribution in [-0.2, 0) is 4.74 Å². The van der Waals surface area contributed by atoms with Gasteiger partial charge < -0.3 is 15.2 Å². The van der Waals surface area contributed by atoms with Crippen LogP contribution in [0, 0.1) is 5.92 Å². The summed E-state index contributed by atoms with van der Waals surface area (Å²) >= 11 is 0.